The summed E-state index contributed by atoms with van der Waals surface area (Å²) in [4.78, 5) is 45.3. The van der Waals surface area contributed by atoms with Crippen LogP contribution < -0.4 is 10.6 Å². The van der Waals surface area contributed by atoms with Crippen LogP contribution in [0.25, 0.3) is 17.7 Å². The molecule has 1 aromatic heterocycles. The average molecular weight is 460 g/mol. The van der Waals surface area contributed by atoms with E-state index in [1.165, 1.54) is 19.8 Å². The Hall–Kier alpha value is -3.65. The van der Waals surface area contributed by atoms with Gasteiger partial charge in [-0.2, -0.15) is 0 Å². The number of fused-ring (bicyclic) bond motifs is 2. The van der Waals surface area contributed by atoms with Gasteiger partial charge < -0.3 is 25.4 Å². The molecule has 176 valence electrons. The molecule has 3 amide bonds. The van der Waals surface area contributed by atoms with Gasteiger partial charge in [0.05, 0.1) is 16.8 Å². The molecule has 2 aromatic rings. The van der Waals surface area contributed by atoms with Crippen molar-refractivity contribution in [3.63, 3.8) is 0 Å². The van der Waals surface area contributed by atoms with E-state index in [1.54, 1.807) is 24.3 Å². The van der Waals surface area contributed by atoms with Gasteiger partial charge in [0.25, 0.3) is 11.8 Å². The minimum atomic E-state index is -0.215. The van der Waals surface area contributed by atoms with Crippen molar-refractivity contribution in [2.75, 3.05) is 43.4 Å². The number of H-pyrrole nitrogens is 1. The number of nitrogens with zero attached hydrogens (tertiary/aromatic N) is 2. The van der Waals surface area contributed by atoms with Crippen molar-refractivity contribution < 1.29 is 14.4 Å². The van der Waals surface area contributed by atoms with Crippen molar-refractivity contribution >= 4 is 46.8 Å². The molecule has 1 aromatic carbocycles. The Labute approximate surface area is 198 Å². The van der Waals surface area contributed by atoms with Crippen LogP contribution in [-0.4, -0.2) is 65.2 Å². The summed E-state index contributed by atoms with van der Waals surface area (Å²) in [7, 11) is 0. The molecule has 0 unspecified atom stereocenters. The Morgan fingerprint density at radius 1 is 1.18 bits per heavy atom. The van der Waals surface area contributed by atoms with Gasteiger partial charge in [-0.05, 0) is 68.8 Å². The zero-order valence-corrected chi connectivity index (χ0v) is 19.5. The van der Waals surface area contributed by atoms with Crippen LogP contribution in [0.3, 0.4) is 0 Å². The van der Waals surface area contributed by atoms with Crippen molar-refractivity contribution in [3.8, 4) is 0 Å². The highest BCUT2D eigenvalue weighted by molar-refractivity contribution is 6.35. The van der Waals surface area contributed by atoms with Gasteiger partial charge in [0, 0.05) is 49.2 Å². The maximum Gasteiger partial charge on any atom is 0.256 e. The Balaban J connectivity index is 1.44. The van der Waals surface area contributed by atoms with E-state index in [0.29, 0.717) is 35.6 Å². The summed E-state index contributed by atoms with van der Waals surface area (Å²) in [6, 6.07) is 5.32. The highest BCUT2D eigenvalue weighted by Crippen LogP contribution is 2.36. The summed E-state index contributed by atoms with van der Waals surface area (Å²) in [6.45, 7) is 7.76. The Morgan fingerprint density at radius 2 is 1.97 bits per heavy atom. The molecule has 1 saturated heterocycles. The number of rotatable bonds is 5. The SMILES string of the molecule is CC(=O)Nc1ccc2c(c1)/C(=C/c1[nH]c3c(c1C)C(=O)N(CCN1CCCC1)CC=C3)C(=O)N2. The van der Waals surface area contributed by atoms with Crippen LogP contribution in [0.2, 0.25) is 0 Å². The molecule has 4 heterocycles. The van der Waals surface area contributed by atoms with E-state index in [9.17, 15) is 14.4 Å². The molecular weight excluding hydrogens is 430 g/mol. The molecule has 8 heteroatoms. The Bertz CT molecular complexity index is 1230. The van der Waals surface area contributed by atoms with Gasteiger partial charge in [0.2, 0.25) is 5.91 Å². The molecule has 0 bridgehead atoms. The van der Waals surface area contributed by atoms with Crippen LogP contribution in [0, 0.1) is 6.92 Å². The molecule has 0 aliphatic carbocycles. The third kappa shape index (κ3) is 4.17. The van der Waals surface area contributed by atoms with Gasteiger partial charge in [-0.3, -0.25) is 14.4 Å². The van der Waals surface area contributed by atoms with E-state index >= 15 is 0 Å². The number of carbonyl (C=O) groups is 3. The number of nitrogens with one attached hydrogen (secondary N) is 3. The number of amides is 3. The van der Waals surface area contributed by atoms with E-state index < -0.39 is 0 Å². The molecule has 8 nitrogen and oxygen atoms in total. The van der Waals surface area contributed by atoms with E-state index in [2.05, 4.69) is 20.5 Å². The van der Waals surface area contributed by atoms with E-state index in [0.717, 1.165) is 42.1 Å². The lowest BCUT2D eigenvalue weighted by molar-refractivity contribution is -0.114. The van der Waals surface area contributed by atoms with Crippen molar-refractivity contribution in [1.29, 1.82) is 0 Å². The zero-order valence-electron chi connectivity index (χ0n) is 19.5. The van der Waals surface area contributed by atoms with Crippen LogP contribution >= 0.6 is 0 Å². The van der Waals surface area contributed by atoms with E-state index in [1.807, 2.05) is 24.0 Å². The molecule has 0 saturated carbocycles. The molecule has 0 atom stereocenters. The standard InChI is InChI=1S/C26H29N5O3/c1-16-23(15-20-19-14-18(27-17(2)32)7-8-21(19)29-25(20)33)28-22-6-5-11-31(26(34)24(16)22)13-12-30-9-3-4-10-30/h5-8,14-15,28H,3-4,9-13H2,1-2H3,(H,27,32)(H,29,33)/b20-15-. The van der Waals surface area contributed by atoms with Crippen molar-refractivity contribution in [3.05, 3.63) is 52.4 Å². The van der Waals surface area contributed by atoms with Crippen LogP contribution in [0.4, 0.5) is 11.4 Å². The fraction of sp³-hybridized carbons (Fsp3) is 0.346. The minimum absolute atomic E-state index is 0.0156. The van der Waals surface area contributed by atoms with Crippen LogP contribution in [0.5, 0.6) is 0 Å². The van der Waals surface area contributed by atoms with Crippen LogP contribution in [0.1, 0.15) is 52.6 Å². The summed E-state index contributed by atoms with van der Waals surface area (Å²) < 4.78 is 0. The number of hydrogen-bond donors (Lipinski definition) is 3. The fourth-order valence-electron chi connectivity index (χ4n) is 4.94. The van der Waals surface area contributed by atoms with Gasteiger partial charge in [-0.15, -0.1) is 0 Å². The first-order chi connectivity index (χ1) is 16.4. The molecular formula is C26H29N5O3. The van der Waals surface area contributed by atoms with Crippen LogP contribution in [0.15, 0.2) is 24.3 Å². The molecule has 1 fully saturated rings. The summed E-state index contributed by atoms with van der Waals surface area (Å²) >= 11 is 0. The normalized spacial score (nSPS) is 18.8. The summed E-state index contributed by atoms with van der Waals surface area (Å²) in [5.74, 6) is -0.374. The number of hydrogen-bond acceptors (Lipinski definition) is 4. The predicted molar refractivity (Wildman–Crippen MR) is 133 cm³/mol. The van der Waals surface area contributed by atoms with Crippen molar-refractivity contribution in [2.45, 2.75) is 26.7 Å². The quantitative estimate of drug-likeness (QED) is 0.598. The number of aromatic amines is 1. The molecule has 5 rings (SSSR count). The third-order valence-corrected chi connectivity index (χ3v) is 6.73. The predicted octanol–water partition coefficient (Wildman–Crippen LogP) is 3.34. The zero-order chi connectivity index (χ0) is 23.8. The minimum Gasteiger partial charge on any atom is -0.355 e. The second kappa shape index (κ2) is 8.95. The summed E-state index contributed by atoms with van der Waals surface area (Å²) in [5.41, 5.74) is 5.51. The largest absolute Gasteiger partial charge is 0.355 e. The fourth-order valence-corrected chi connectivity index (χ4v) is 4.94. The Kier molecular flexibility index (Phi) is 5.83. The second-order valence-corrected chi connectivity index (χ2v) is 9.11. The summed E-state index contributed by atoms with van der Waals surface area (Å²) in [5, 5.41) is 5.63. The van der Waals surface area contributed by atoms with Crippen molar-refractivity contribution in [1.82, 2.24) is 14.8 Å². The molecule has 0 radical (unpaired) electrons. The number of anilines is 2. The molecule has 3 N–H and O–H groups in total. The first-order valence-corrected chi connectivity index (χ1v) is 11.8. The van der Waals surface area contributed by atoms with Gasteiger partial charge in [0.1, 0.15) is 0 Å². The lowest BCUT2D eigenvalue weighted by atomic mass is 10.0. The highest BCUT2D eigenvalue weighted by Gasteiger charge is 2.28. The van der Waals surface area contributed by atoms with E-state index in [4.69, 9.17) is 0 Å². The number of aromatic nitrogens is 1. The first kappa shape index (κ1) is 22.2. The smallest absolute Gasteiger partial charge is 0.256 e. The molecule has 0 spiro atoms. The van der Waals surface area contributed by atoms with Gasteiger partial charge >= 0.3 is 0 Å². The number of carbonyl (C=O) groups excluding carboxylic acids is 3. The number of benzene rings is 1. The van der Waals surface area contributed by atoms with Gasteiger partial charge in [-0.1, -0.05) is 6.08 Å². The third-order valence-electron chi connectivity index (χ3n) is 6.73. The lowest BCUT2D eigenvalue weighted by Gasteiger charge is -2.24. The monoisotopic (exact) mass is 459 g/mol. The average Bonchev–Trinajstić information content (AvgIpc) is 3.47. The highest BCUT2D eigenvalue weighted by atomic mass is 16.2. The molecule has 3 aliphatic heterocycles. The molecule has 34 heavy (non-hydrogen) atoms. The maximum atomic E-state index is 13.4. The maximum absolute atomic E-state index is 13.4. The topological polar surface area (TPSA) is 97.5 Å². The second-order valence-electron chi connectivity index (χ2n) is 9.11. The van der Waals surface area contributed by atoms with E-state index in [-0.39, 0.29) is 17.7 Å². The number of likely N-dealkylation sites (tertiary alicyclic amines) is 1. The first-order valence-electron chi connectivity index (χ1n) is 11.8. The van der Waals surface area contributed by atoms with Gasteiger partial charge in [-0.25, -0.2) is 0 Å². The van der Waals surface area contributed by atoms with Crippen LogP contribution in [-0.2, 0) is 9.59 Å². The van der Waals surface area contributed by atoms with Gasteiger partial charge in [0.15, 0.2) is 0 Å². The summed E-state index contributed by atoms with van der Waals surface area (Å²) in [6.07, 6.45) is 8.22. The van der Waals surface area contributed by atoms with Crippen molar-refractivity contribution in [2.24, 2.45) is 0 Å². The Morgan fingerprint density at radius 3 is 2.74 bits per heavy atom. The molecule has 3 aliphatic rings. The lowest BCUT2D eigenvalue weighted by Crippen LogP contribution is -2.37.